The van der Waals surface area contributed by atoms with E-state index >= 15 is 0 Å². The van der Waals surface area contributed by atoms with Gasteiger partial charge in [-0.05, 0) is 63.5 Å². The molecule has 0 spiro atoms. The third kappa shape index (κ3) is 7.89. The molecule has 1 saturated carbocycles. The fourth-order valence-electron chi connectivity index (χ4n) is 5.60. The first kappa shape index (κ1) is 25.9. The van der Waals surface area contributed by atoms with E-state index in [-0.39, 0.29) is 15.8 Å². The molecule has 0 radical (unpaired) electrons. The SMILES string of the molecule is CC1CCC(CP(C(C)(C)C)C(C)(C)C)C(CP(C(C)(C)C)C(C)(C)C)C1. The maximum Gasteiger partial charge on any atom is -0.0175 e. The van der Waals surface area contributed by atoms with E-state index in [1.54, 1.807) is 0 Å². The van der Waals surface area contributed by atoms with Crippen LogP contribution in [0.2, 0.25) is 0 Å². The largest absolute Gasteiger partial charge is 0.0954 e. The monoisotopic (exact) mass is 414 g/mol. The average Bonchev–Trinajstić information content (AvgIpc) is 2.38. The molecule has 0 aromatic rings. The maximum absolute atomic E-state index is 2.51. The summed E-state index contributed by atoms with van der Waals surface area (Å²) in [6.07, 6.45) is 7.41. The van der Waals surface area contributed by atoms with Crippen molar-refractivity contribution >= 4 is 15.8 Å². The summed E-state index contributed by atoms with van der Waals surface area (Å²) in [5.41, 5.74) is 0. The molecule has 27 heavy (non-hydrogen) atoms. The molecule has 0 amide bonds. The van der Waals surface area contributed by atoms with Crippen molar-refractivity contribution in [2.75, 3.05) is 12.3 Å². The van der Waals surface area contributed by atoms with Crippen LogP contribution >= 0.6 is 15.8 Å². The smallest absolute Gasteiger partial charge is 0.0175 e. The number of rotatable bonds is 4. The first-order valence-corrected chi connectivity index (χ1v) is 14.4. The van der Waals surface area contributed by atoms with Gasteiger partial charge in [0.2, 0.25) is 0 Å². The first-order chi connectivity index (χ1) is 11.8. The Morgan fingerprint density at radius 2 is 0.889 bits per heavy atom. The molecule has 0 N–H and O–H groups in total. The molecule has 0 aliphatic heterocycles. The molecule has 1 fully saturated rings. The summed E-state index contributed by atoms with van der Waals surface area (Å²) in [6, 6.07) is 0. The molecule has 0 heterocycles. The topological polar surface area (TPSA) is 0 Å². The lowest BCUT2D eigenvalue weighted by Gasteiger charge is -2.49. The zero-order chi connectivity index (χ0) is 21.4. The minimum Gasteiger partial charge on any atom is -0.0954 e. The highest BCUT2D eigenvalue weighted by Crippen LogP contribution is 2.64. The molecule has 0 nitrogen and oxygen atoms in total. The third-order valence-electron chi connectivity index (χ3n) is 6.48. The van der Waals surface area contributed by atoms with Gasteiger partial charge in [0.25, 0.3) is 0 Å². The lowest BCUT2D eigenvalue weighted by atomic mass is 9.76. The molecule has 1 rings (SSSR count). The van der Waals surface area contributed by atoms with Crippen LogP contribution in [-0.4, -0.2) is 32.9 Å². The summed E-state index contributed by atoms with van der Waals surface area (Å²) < 4.78 is 0. The van der Waals surface area contributed by atoms with E-state index in [1.165, 1.54) is 31.6 Å². The second kappa shape index (κ2) is 8.93. The van der Waals surface area contributed by atoms with Gasteiger partial charge in [0.05, 0.1) is 0 Å². The van der Waals surface area contributed by atoms with Crippen LogP contribution in [0.5, 0.6) is 0 Å². The molecule has 0 bridgehead atoms. The van der Waals surface area contributed by atoms with Crippen molar-refractivity contribution in [3.05, 3.63) is 0 Å². The van der Waals surface area contributed by atoms with Crippen molar-refractivity contribution in [1.29, 1.82) is 0 Å². The Morgan fingerprint density at radius 1 is 0.556 bits per heavy atom. The van der Waals surface area contributed by atoms with Crippen molar-refractivity contribution in [3.8, 4) is 0 Å². The second-order valence-corrected chi connectivity index (χ2v) is 21.2. The minimum absolute atomic E-state index is 0.0147. The summed E-state index contributed by atoms with van der Waals surface area (Å²) in [6.45, 7) is 32.5. The van der Waals surface area contributed by atoms with Gasteiger partial charge in [-0.1, -0.05) is 112 Å². The summed E-state index contributed by atoms with van der Waals surface area (Å²) >= 11 is 0. The van der Waals surface area contributed by atoms with E-state index < -0.39 is 0 Å². The Morgan fingerprint density at radius 3 is 1.22 bits per heavy atom. The zero-order valence-electron chi connectivity index (χ0n) is 21.2. The van der Waals surface area contributed by atoms with Crippen LogP contribution < -0.4 is 0 Å². The van der Waals surface area contributed by atoms with Crippen molar-refractivity contribution in [1.82, 2.24) is 0 Å². The average molecular weight is 415 g/mol. The standard InChI is InChI=1S/C25H52P2/c1-19-14-15-20(17-26(22(2,3)4)23(5,6)7)21(16-19)18-27(24(8,9)10)25(11,12)13/h19-21H,14-18H2,1-13H3. The Labute approximate surface area is 175 Å². The van der Waals surface area contributed by atoms with Gasteiger partial charge in [-0.25, -0.2) is 0 Å². The molecule has 3 atom stereocenters. The van der Waals surface area contributed by atoms with Crippen LogP contribution in [0.3, 0.4) is 0 Å². The first-order valence-electron chi connectivity index (χ1n) is 11.4. The fraction of sp³-hybridized carbons (Fsp3) is 1.00. The highest BCUT2D eigenvalue weighted by Gasteiger charge is 2.42. The van der Waals surface area contributed by atoms with Crippen LogP contribution in [0.15, 0.2) is 0 Å². The van der Waals surface area contributed by atoms with Gasteiger partial charge in [0.15, 0.2) is 0 Å². The Hall–Kier alpha value is 0.860. The van der Waals surface area contributed by atoms with Crippen molar-refractivity contribution in [3.63, 3.8) is 0 Å². The summed E-state index contributed by atoms with van der Waals surface area (Å²) in [5.74, 6) is 2.84. The van der Waals surface area contributed by atoms with Gasteiger partial charge in [0.1, 0.15) is 0 Å². The molecule has 3 unspecified atom stereocenters. The molecule has 0 saturated heterocycles. The van der Waals surface area contributed by atoms with Gasteiger partial charge in [-0.15, -0.1) is 0 Å². The molecule has 0 aromatic heterocycles. The second-order valence-electron chi connectivity index (χ2n) is 13.3. The Bertz CT molecular complexity index is 425. The highest BCUT2D eigenvalue weighted by atomic mass is 31.1. The summed E-state index contributed by atoms with van der Waals surface area (Å²) in [7, 11) is 0.0343. The van der Waals surface area contributed by atoms with E-state index in [2.05, 4.69) is 90.0 Å². The molecular weight excluding hydrogens is 362 g/mol. The predicted molar refractivity (Wildman–Crippen MR) is 133 cm³/mol. The summed E-state index contributed by atoms with van der Waals surface area (Å²) in [4.78, 5) is 0. The van der Waals surface area contributed by atoms with Crippen LogP contribution in [0, 0.1) is 17.8 Å². The van der Waals surface area contributed by atoms with Crippen LogP contribution in [-0.2, 0) is 0 Å². The fourth-order valence-corrected chi connectivity index (χ4v) is 13.7. The predicted octanol–water partition coefficient (Wildman–Crippen LogP) is 9.20. The molecule has 1 aliphatic carbocycles. The van der Waals surface area contributed by atoms with Crippen LogP contribution in [0.1, 0.15) is 109 Å². The van der Waals surface area contributed by atoms with E-state index in [0.717, 1.165) is 17.8 Å². The van der Waals surface area contributed by atoms with Gasteiger partial charge in [-0.2, -0.15) is 0 Å². The van der Waals surface area contributed by atoms with E-state index in [0.29, 0.717) is 20.6 Å². The van der Waals surface area contributed by atoms with Crippen molar-refractivity contribution in [2.45, 2.75) is 130 Å². The number of hydrogen-bond donors (Lipinski definition) is 0. The van der Waals surface area contributed by atoms with Crippen LogP contribution in [0.25, 0.3) is 0 Å². The van der Waals surface area contributed by atoms with Gasteiger partial charge in [0, 0.05) is 0 Å². The molecule has 162 valence electrons. The maximum atomic E-state index is 2.51. The number of hydrogen-bond acceptors (Lipinski definition) is 0. The molecule has 1 aliphatic rings. The van der Waals surface area contributed by atoms with Crippen molar-refractivity contribution < 1.29 is 0 Å². The lowest BCUT2D eigenvalue weighted by Crippen LogP contribution is -2.36. The Balaban J connectivity index is 3.10. The Kier molecular flexibility index (Phi) is 8.56. The highest BCUT2D eigenvalue weighted by molar-refractivity contribution is 7.61. The molecule has 2 heteroatoms. The normalized spacial score (nSPS) is 26.1. The van der Waals surface area contributed by atoms with Crippen molar-refractivity contribution in [2.24, 2.45) is 17.8 Å². The van der Waals surface area contributed by atoms with E-state index in [1.807, 2.05) is 0 Å². The van der Waals surface area contributed by atoms with Gasteiger partial charge < -0.3 is 0 Å². The van der Waals surface area contributed by atoms with E-state index in [9.17, 15) is 0 Å². The van der Waals surface area contributed by atoms with Gasteiger partial charge >= 0.3 is 0 Å². The minimum atomic E-state index is 0.0147. The zero-order valence-corrected chi connectivity index (χ0v) is 23.0. The summed E-state index contributed by atoms with van der Waals surface area (Å²) in [5, 5.41) is 1.83. The van der Waals surface area contributed by atoms with Gasteiger partial charge in [-0.3, -0.25) is 0 Å². The third-order valence-corrected chi connectivity index (χ3v) is 14.6. The van der Waals surface area contributed by atoms with Crippen LogP contribution in [0.4, 0.5) is 0 Å². The lowest BCUT2D eigenvalue weighted by molar-refractivity contribution is 0.224. The quantitative estimate of drug-likeness (QED) is 0.402. The molecular formula is C25H52P2. The molecule has 0 aromatic carbocycles. The van der Waals surface area contributed by atoms with E-state index in [4.69, 9.17) is 0 Å².